The Labute approximate surface area is 241 Å². The second-order valence-corrected chi connectivity index (χ2v) is 10.1. The number of hydrogen-bond donors (Lipinski definition) is 2. The summed E-state index contributed by atoms with van der Waals surface area (Å²) >= 11 is 3.58. The van der Waals surface area contributed by atoms with E-state index in [0.29, 0.717) is 47.7 Å². The lowest BCUT2D eigenvalue weighted by atomic mass is 10.1. The molecule has 0 bridgehead atoms. The fourth-order valence-corrected chi connectivity index (χ4v) is 5.10. The van der Waals surface area contributed by atoms with Crippen LogP contribution in [0.3, 0.4) is 0 Å². The summed E-state index contributed by atoms with van der Waals surface area (Å²) in [4.78, 5) is 16.1. The Morgan fingerprint density at radius 2 is 1.73 bits per heavy atom. The van der Waals surface area contributed by atoms with Gasteiger partial charge in [0.2, 0.25) is 0 Å². The summed E-state index contributed by atoms with van der Waals surface area (Å²) in [6.45, 7) is 3.11. The smallest absolute Gasteiger partial charge is 0.261 e. The van der Waals surface area contributed by atoms with Crippen molar-refractivity contribution in [3.63, 3.8) is 0 Å². The fourth-order valence-electron chi connectivity index (χ4n) is 4.66. The molecule has 0 aliphatic heterocycles. The third-order valence-corrected chi connectivity index (χ3v) is 7.33. The quantitative estimate of drug-likeness (QED) is 0.131. The lowest BCUT2D eigenvalue weighted by Crippen LogP contribution is -2.26. The van der Waals surface area contributed by atoms with E-state index in [2.05, 4.69) is 44.4 Å². The van der Waals surface area contributed by atoms with Crippen molar-refractivity contribution in [3.05, 3.63) is 112 Å². The van der Waals surface area contributed by atoms with Gasteiger partial charge < -0.3 is 19.8 Å². The molecule has 40 heavy (non-hydrogen) atoms. The van der Waals surface area contributed by atoms with E-state index in [9.17, 15) is 10.1 Å². The summed E-state index contributed by atoms with van der Waals surface area (Å²) in [5.74, 6) is 0.679. The Bertz CT molecular complexity index is 1740. The second-order valence-electron chi connectivity index (χ2n) is 9.22. The van der Waals surface area contributed by atoms with Crippen molar-refractivity contribution in [2.75, 3.05) is 13.2 Å². The zero-order chi connectivity index (χ0) is 27.9. The van der Waals surface area contributed by atoms with Crippen molar-refractivity contribution < 1.29 is 14.3 Å². The van der Waals surface area contributed by atoms with Gasteiger partial charge in [0.15, 0.2) is 11.5 Å². The van der Waals surface area contributed by atoms with E-state index >= 15 is 0 Å². The Balaban J connectivity index is 1.30. The van der Waals surface area contributed by atoms with Crippen LogP contribution in [0.1, 0.15) is 23.6 Å². The van der Waals surface area contributed by atoms with Gasteiger partial charge in [-0.1, -0.05) is 76.6 Å². The minimum Gasteiger partial charge on any atom is -0.490 e. The van der Waals surface area contributed by atoms with Crippen LogP contribution < -0.4 is 14.8 Å². The maximum atomic E-state index is 12.8. The Morgan fingerprint density at radius 3 is 2.55 bits per heavy atom. The molecule has 0 aliphatic rings. The van der Waals surface area contributed by atoms with Crippen molar-refractivity contribution in [3.8, 4) is 17.6 Å². The molecule has 200 valence electrons. The van der Waals surface area contributed by atoms with Gasteiger partial charge in [-0.2, -0.15) is 5.26 Å². The lowest BCUT2D eigenvalue weighted by molar-refractivity contribution is -0.117. The number of nitrogens with zero attached hydrogens (tertiary/aromatic N) is 1. The first-order valence-electron chi connectivity index (χ1n) is 13.1. The van der Waals surface area contributed by atoms with Crippen molar-refractivity contribution in [2.45, 2.75) is 20.0 Å². The molecular weight excluding hydrogens is 566 g/mol. The maximum Gasteiger partial charge on any atom is 0.261 e. The van der Waals surface area contributed by atoms with Crippen LogP contribution >= 0.6 is 15.9 Å². The summed E-state index contributed by atoms with van der Waals surface area (Å²) in [5, 5.41) is 16.0. The number of para-hydroxylation sites is 1. The van der Waals surface area contributed by atoms with Crippen LogP contribution in [0.2, 0.25) is 0 Å². The van der Waals surface area contributed by atoms with E-state index in [1.54, 1.807) is 12.1 Å². The molecule has 0 aliphatic carbocycles. The molecule has 0 saturated heterocycles. The highest BCUT2D eigenvalue weighted by Gasteiger charge is 2.15. The molecule has 0 unspecified atom stereocenters. The van der Waals surface area contributed by atoms with Crippen LogP contribution in [0.15, 0.2) is 95.1 Å². The molecule has 0 radical (unpaired) electrons. The first kappa shape index (κ1) is 27.0. The monoisotopic (exact) mass is 593 g/mol. The molecule has 2 N–H and O–H groups in total. The van der Waals surface area contributed by atoms with Crippen LogP contribution in [0.25, 0.3) is 27.8 Å². The summed E-state index contributed by atoms with van der Waals surface area (Å²) in [6, 6.07) is 28.0. The lowest BCUT2D eigenvalue weighted by Gasteiger charge is -2.15. The number of amides is 1. The van der Waals surface area contributed by atoms with E-state index in [4.69, 9.17) is 9.47 Å². The Kier molecular flexibility index (Phi) is 8.48. The summed E-state index contributed by atoms with van der Waals surface area (Å²) in [6.07, 6.45) is 4.16. The molecule has 1 aromatic heterocycles. The molecule has 0 spiro atoms. The van der Waals surface area contributed by atoms with Gasteiger partial charge in [0, 0.05) is 28.1 Å². The topological polar surface area (TPSA) is 87.1 Å². The fraction of sp³-hybridized carbons (Fsp3) is 0.152. The van der Waals surface area contributed by atoms with Crippen LogP contribution in [-0.2, 0) is 17.8 Å². The predicted octanol–water partition coefficient (Wildman–Crippen LogP) is 7.33. The first-order valence-corrected chi connectivity index (χ1v) is 13.9. The van der Waals surface area contributed by atoms with Crippen LogP contribution in [0.5, 0.6) is 11.5 Å². The molecular formula is C33H28BrN3O3. The molecule has 5 aromatic rings. The summed E-state index contributed by atoms with van der Waals surface area (Å²) in [5.41, 5.74) is 3.88. The molecule has 6 nitrogen and oxygen atoms in total. The molecule has 0 atom stereocenters. The van der Waals surface area contributed by atoms with E-state index in [-0.39, 0.29) is 5.57 Å². The minimum absolute atomic E-state index is 0.00602. The molecule has 4 aromatic carbocycles. The zero-order valence-corrected chi connectivity index (χ0v) is 23.6. The van der Waals surface area contributed by atoms with Gasteiger partial charge in [0.1, 0.15) is 18.2 Å². The van der Waals surface area contributed by atoms with Crippen molar-refractivity contribution in [1.29, 1.82) is 5.26 Å². The van der Waals surface area contributed by atoms with Crippen molar-refractivity contribution in [2.24, 2.45) is 0 Å². The summed E-state index contributed by atoms with van der Waals surface area (Å²) < 4.78 is 12.7. The number of H-pyrrole nitrogens is 1. The number of aromatic amines is 1. The van der Waals surface area contributed by atoms with E-state index in [0.717, 1.165) is 32.8 Å². The van der Waals surface area contributed by atoms with Gasteiger partial charge in [-0.05, 0) is 65.1 Å². The second kappa shape index (κ2) is 12.5. The van der Waals surface area contributed by atoms with Gasteiger partial charge in [0.25, 0.3) is 5.91 Å². The number of carbonyl (C=O) groups is 1. The summed E-state index contributed by atoms with van der Waals surface area (Å²) in [7, 11) is 0. The Hall–Kier alpha value is -4.54. The van der Waals surface area contributed by atoms with E-state index < -0.39 is 5.91 Å². The predicted molar refractivity (Wildman–Crippen MR) is 162 cm³/mol. The van der Waals surface area contributed by atoms with Gasteiger partial charge in [-0.3, -0.25) is 4.79 Å². The highest BCUT2D eigenvalue weighted by Crippen LogP contribution is 2.36. The molecule has 1 heterocycles. The number of aromatic nitrogens is 1. The van der Waals surface area contributed by atoms with E-state index in [1.165, 1.54) is 0 Å². The van der Waals surface area contributed by atoms with Gasteiger partial charge in [-0.25, -0.2) is 0 Å². The number of halogens is 1. The van der Waals surface area contributed by atoms with E-state index in [1.807, 2.05) is 73.8 Å². The molecule has 7 heteroatoms. The number of hydrogen-bond acceptors (Lipinski definition) is 4. The number of nitriles is 1. The molecule has 0 saturated carbocycles. The SMILES string of the molecule is CCOc1cc(/C=C(/C#N)C(=O)NCCc2c[nH]c3ccccc23)c(Br)cc1OCc1cccc2ccccc12. The highest BCUT2D eigenvalue weighted by atomic mass is 79.9. The third kappa shape index (κ3) is 6.03. The van der Waals surface area contributed by atoms with Crippen LogP contribution in [0, 0.1) is 11.3 Å². The van der Waals surface area contributed by atoms with Crippen molar-refractivity contribution >= 4 is 49.6 Å². The largest absolute Gasteiger partial charge is 0.490 e. The molecule has 0 fully saturated rings. The van der Waals surface area contributed by atoms with Crippen LogP contribution in [0.4, 0.5) is 0 Å². The Morgan fingerprint density at radius 1 is 0.975 bits per heavy atom. The standard InChI is InChI=1S/C33H28BrN3O3/c1-2-39-31-17-25(29(34)18-32(31)40-21-24-10-7-9-22-8-3-4-11-27(22)24)16-26(19-35)33(38)36-15-14-23-20-37-30-13-6-5-12-28(23)30/h3-13,16-18,20,37H,2,14-15,21H2,1H3,(H,36,38)/b26-16-. The average molecular weight is 595 g/mol. The molecule has 5 rings (SSSR count). The normalized spacial score (nSPS) is 11.4. The third-order valence-electron chi connectivity index (χ3n) is 6.65. The van der Waals surface area contributed by atoms with Gasteiger partial charge in [0.05, 0.1) is 6.61 Å². The number of carbonyl (C=O) groups excluding carboxylic acids is 1. The van der Waals surface area contributed by atoms with Crippen LogP contribution in [-0.4, -0.2) is 24.0 Å². The van der Waals surface area contributed by atoms with Crippen molar-refractivity contribution in [1.82, 2.24) is 10.3 Å². The van der Waals surface area contributed by atoms with Gasteiger partial charge >= 0.3 is 0 Å². The average Bonchev–Trinajstić information content (AvgIpc) is 3.39. The van der Waals surface area contributed by atoms with Gasteiger partial charge in [-0.15, -0.1) is 0 Å². The number of benzene rings is 4. The first-order chi connectivity index (χ1) is 19.6. The maximum absolute atomic E-state index is 12.8. The number of nitrogens with one attached hydrogen (secondary N) is 2. The number of rotatable bonds is 10. The molecule has 1 amide bonds. The number of ether oxygens (including phenoxy) is 2. The minimum atomic E-state index is -0.427. The number of fused-ring (bicyclic) bond motifs is 2. The highest BCUT2D eigenvalue weighted by molar-refractivity contribution is 9.10. The zero-order valence-electron chi connectivity index (χ0n) is 22.0.